The zero-order chi connectivity index (χ0) is 19.6. The monoisotopic (exact) mass is 370 g/mol. The standard InChI is InChI=1S/C19H18N2O6/c1-2-26-17-9-7-15(8-10-17)20-18(22)13-27-19(23)11-6-14-4-3-5-16(12-14)21(24)25/h3-12H,2,13H2,1H3,(H,20,22). The molecule has 0 aliphatic heterocycles. The third kappa shape index (κ3) is 6.62. The van der Waals surface area contributed by atoms with E-state index in [1.165, 1.54) is 24.3 Å². The second kappa shape index (κ2) is 9.71. The minimum absolute atomic E-state index is 0.0831. The number of carbonyl (C=O) groups excluding carboxylic acids is 2. The van der Waals surface area contributed by atoms with Crippen LogP contribution in [0, 0.1) is 10.1 Å². The van der Waals surface area contributed by atoms with Gasteiger partial charge in [0.05, 0.1) is 11.5 Å². The highest BCUT2D eigenvalue weighted by Crippen LogP contribution is 2.16. The van der Waals surface area contributed by atoms with Gasteiger partial charge in [-0.25, -0.2) is 4.79 Å². The fourth-order valence-electron chi connectivity index (χ4n) is 2.09. The highest BCUT2D eigenvalue weighted by atomic mass is 16.6. The average molecular weight is 370 g/mol. The molecule has 0 unspecified atom stereocenters. The summed E-state index contributed by atoms with van der Waals surface area (Å²) in [5.41, 5.74) is 0.937. The van der Waals surface area contributed by atoms with Crippen molar-refractivity contribution < 1.29 is 24.0 Å². The fourth-order valence-corrected chi connectivity index (χ4v) is 2.09. The zero-order valence-corrected chi connectivity index (χ0v) is 14.6. The summed E-state index contributed by atoms with van der Waals surface area (Å²) in [5, 5.41) is 13.3. The molecule has 0 atom stereocenters. The summed E-state index contributed by atoms with van der Waals surface area (Å²) >= 11 is 0. The van der Waals surface area contributed by atoms with Gasteiger partial charge in [0.1, 0.15) is 5.75 Å². The van der Waals surface area contributed by atoms with Crippen molar-refractivity contribution in [3.63, 3.8) is 0 Å². The van der Waals surface area contributed by atoms with Crippen LogP contribution in [0.3, 0.4) is 0 Å². The van der Waals surface area contributed by atoms with Crippen molar-refractivity contribution in [1.29, 1.82) is 0 Å². The minimum Gasteiger partial charge on any atom is -0.494 e. The quantitative estimate of drug-likeness (QED) is 0.331. The number of anilines is 1. The van der Waals surface area contributed by atoms with Crippen molar-refractivity contribution >= 4 is 29.3 Å². The van der Waals surface area contributed by atoms with Gasteiger partial charge in [0.2, 0.25) is 0 Å². The molecule has 0 aromatic heterocycles. The lowest BCUT2D eigenvalue weighted by molar-refractivity contribution is -0.384. The Balaban J connectivity index is 1.81. The molecule has 1 amide bonds. The Bertz CT molecular complexity index is 846. The van der Waals surface area contributed by atoms with Crippen molar-refractivity contribution in [2.45, 2.75) is 6.92 Å². The predicted octanol–water partition coefficient (Wildman–Crippen LogP) is 3.19. The molecule has 8 nitrogen and oxygen atoms in total. The molecule has 140 valence electrons. The molecule has 0 radical (unpaired) electrons. The van der Waals surface area contributed by atoms with Crippen LogP contribution in [0.5, 0.6) is 5.75 Å². The van der Waals surface area contributed by atoms with Crippen molar-refractivity contribution in [1.82, 2.24) is 0 Å². The Morgan fingerprint density at radius 2 is 1.93 bits per heavy atom. The molecule has 8 heteroatoms. The lowest BCUT2D eigenvalue weighted by Gasteiger charge is -2.07. The minimum atomic E-state index is -0.733. The van der Waals surface area contributed by atoms with Gasteiger partial charge < -0.3 is 14.8 Å². The number of ether oxygens (including phenoxy) is 2. The molecule has 0 spiro atoms. The number of nitro groups is 1. The number of benzene rings is 2. The lowest BCUT2D eigenvalue weighted by Crippen LogP contribution is -2.20. The Kier molecular flexibility index (Phi) is 7.07. The maximum atomic E-state index is 11.8. The molecule has 0 saturated heterocycles. The topological polar surface area (TPSA) is 108 Å². The fraction of sp³-hybridized carbons (Fsp3) is 0.158. The molecule has 0 fully saturated rings. The van der Waals surface area contributed by atoms with Crippen molar-refractivity contribution in [3.05, 3.63) is 70.3 Å². The second-order valence-corrected chi connectivity index (χ2v) is 5.30. The molecule has 2 aromatic rings. The van der Waals surface area contributed by atoms with Crippen LogP contribution in [0.25, 0.3) is 6.08 Å². The number of nitrogens with one attached hydrogen (secondary N) is 1. The maximum Gasteiger partial charge on any atom is 0.331 e. The Morgan fingerprint density at radius 3 is 2.59 bits per heavy atom. The van der Waals surface area contributed by atoms with E-state index in [1.54, 1.807) is 30.3 Å². The summed E-state index contributed by atoms with van der Waals surface area (Å²) in [4.78, 5) is 33.7. The molecule has 1 N–H and O–H groups in total. The van der Waals surface area contributed by atoms with Crippen LogP contribution in [0.1, 0.15) is 12.5 Å². The summed E-state index contributed by atoms with van der Waals surface area (Å²) < 4.78 is 10.1. The first kappa shape index (κ1) is 19.6. The first-order chi connectivity index (χ1) is 13.0. The summed E-state index contributed by atoms with van der Waals surface area (Å²) in [5.74, 6) is -0.534. The van der Waals surface area contributed by atoms with Crippen LogP contribution in [0.15, 0.2) is 54.6 Å². The number of nitro benzene ring substituents is 1. The maximum absolute atomic E-state index is 11.8. The predicted molar refractivity (Wildman–Crippen MR) is 99.3 cm³/mol. The van der Waals surface area contributed by atoms with Crippen LogP contribution < -0.4 is 10.1 Å². The zero-order valence-electron chi connectivity index (χ0n) is 14.6. The SMILES string of the molecule is CCOc1ccc(NC(=O)COC(=O)C=Cc2cccc([N+](=O)[O-])c2)cc1. The van der Waals surface area contributed by atoms with Gasteiger partial charge in [-0.3, -0.25) is 14.9 Å². The van der Waals surface area contributed by atoms with E-state index in [0.29, 0.717) is 23.6 Å². The Morgan fingerprint density at radius 1 is 1.19 bits per heavy atom. The lowest BCUT2D eigenvalue weighted by atomic mass is 10.2. The van der Waals surface area contributed by atoms with E-state index >= 15 is 0 Å². The average Bonchev–Trinajstić information content (AvgIpc) is 2.66. The van der Waals surface area contributed by atoms with Gasteiger partial charge >= 0.3 is 5.97 Å². The molecule has 2 rings (SSSR count). The van der Waals surface area contributed by atoms with E-state index in [-0.39, 0.29) is 5.69 Å². The molecular formula is C19H18N2O6. The third-order valence-electron chi connectivity index (χ3n) is 3.29. The van der Waals surface area contributed by atoms with Crippen LogP contribution >= 0.6 is 0 Å². The number of hydrogen-bond donors (Lipinski definition) is 1. The van der Waals surface area contributed by atoms with Gasteiger partial charge in [0, 0.05) is 23.9 Å². The van der Waals surface area contributed by atoms with Crippen LogP contribution in [-0.4, -0.2) is 30.0 Å². The molecular weight excluding hydrogens is 352 g/mol. The molecule has 27 heavy (non-hydrogen) atoms. The number of nitrogens with zero attached hydrogens (tertiary/aromatic N) is 1. The highest BCUT2D eigenvalue weighted by Gasteiger charge is 2.07. The summed E-state index contributed by atoms with van der Waals surface area (Å²) in [6, 6.07) is 12.6. The van der Waals surface area contributed by atoms with Gasteiger partial charge in [0.25, 0.3) is 11.6 Å². The summed E-state index contributed by atoms with van der Waals surface area (Å²) in [6.45, 7) is 1.97. The van der Waals surface area contributed by atoms with Crippen LogP contribution in [-0.2, 0) is 14.3 Å². The van der Waals surface area contributed by atoms with Gasteiger partial charge in [-0.2, -0.15) is 0 Å². The normalized spacial score (nSPS) is 10.4. The summed E-state index contributed by atoms with van der Waals surface area (Å²) in [6.07, 6.45) is 2.48. The third-order valence-corrected chi connectivity index (χ3v) is 3.29. The van der Waals surface area contributed by atoms with E-state index in [1.807, 2.05) is 6.92 Å². The molecule has 0 bridgehead atoms. The van der Waals surface area contributed by atoms with Gasteiger partial charge in [-0.05, 0) is 42.8 Å². The van der Waals surface area contributed by atoms with Crippen molar-refractivity contribution in [3.8, 4) is 5.75 Å². The first-order valence-corrected chi connectivity index (χ1v) is 8.10. The van der Waals surface area contributed by atoms with E-state index in [2.05, 4.69) is 5.32 Å². The van der Waals surface area contributed by atoms with Gasteiger partial charge in [-0.1, -0.05) is 12.1 Å². The number of esters is 1. The molecule has 0 aliphatic carbocycles. The largest absolute Gasteiger partial charge is 0.494 e. The first-order valence-electron chi connectivity index (χ1n) is 8.10. The van der Waals surface area contributed by atoms with Crippen LogP contribution in [0.2, 0.25) is 0 Å². The van der Waals surface area contributed by atoms with Crippen LogP contribution in [0.4, 0.5) is 11.4 Å². The second-order valence-electron chi connectivity index (χ2n) is 5.30. The highest BCUT2D eigenvalue weighted by molar-refractivity contribution is 5.94. The van der Waals surface area contributed by atoms with Gasteiger partial charge in [-0.15, -0.1) is 0 Å². The Hall–Kier alpha value is -3.68. The number of rotatable bonds is 8. The molecule has 0 heterocycles. The van der Waals surface area contributed by atoms with Gasteiger partial charge in [0.15, 0.2) is 6.61 Å². The number of amides is 1. The molecule has 2 aromatic carbocycles. The van der Waals surface area contributed by atoms with E-state index < -0.39 is 23.4 Å². The Labute approximate surface area is 155 Å². The van der Waals surface area contributed by atoms with Crippen molar-refractivity contribution in [2.24, 2.45) is 0 Å². The molecule has 0 aliphatic rings. The van der Waals surface area contributed by atoms with E-state index in [0.717, 1.165) is 6.08 Å². The summed E-state index contributed by atoms with van der Waals surface area (Å²) in [7, 11) is 0. The number of carbonyl (C=O) groups is 2. The van der Waals surface area contributed by atoms with Crippen molar-refractivity contribution in [2.75, 3.05) is 18.5 Å². The molecule has 0 saturated carbocycles. The van der Waals surface area contributed by atoms with E-state index in [9.17, 15) is 19.7 Å². The number of hydrogen-bond acceptors (Lipinski definition) is 6. The smallest absolute Gasteiger partial charge is 0.331 e. The number of non-ortho nitro benzene ring substituents is 1. The van der Waals surface area contributed by atoms with E-state index in [4.69, 9.17) is 9.47 Å².